The lowest BCUT2D eigenvalue weighted by molar-refractivity contribution is -0.122. The molecule has 0 radical (unpaired) electrons. The first kappa shape index (κ1) is 14.7. The summed E-state index contributed by atoms with van der Waals surface area (Å²) in [7, 11) is 0. The number of pyridine rings is 1. The van der Waals surface area contributed by atoms with Gasteiger partial charge < -0.3 is 4.90 Å². The Morgan fingerprint density at radius 1 is 1.29 bits per heavy atom. The number of piperidine rings is 1. The van der Waals surface area contributed by atoms with Crippen LogP contribution in [0.4, 0.5) is 0 Å². The van der Waals surface area contributed by atoms with Crippen LogP contribution in [0.25, 0.3) is 0 Å². The van der Waals surface area contributed by atoms with E-state index in [9.17, 15) is 9.59 Å². The van der Waals surface area contributed by atoms with Gasteiger partial charge in [0.1, 0.15) is 11.5 Å². The van der Waals surface area contributed by atoms with Gasteiger partial charge >= 0.3 is 0 Å². The second-order valence-electron chi connectivity index (χ2n) is 5.86. The van der Waals surface area contributed by atoms with Crippen LogP contribution in [-0.4, -0.2) is 34.2 Å². The first-order valence-electron chi connectivity index (χ1n) is 7.62. The fourth-order valence-electron chi connectivity index (χ4n) is 3.56. The second kappa shape index (κ2) is 6.26. The highest BCUT2D eigenvalue weighted by Crippen LogP contribution is 2.33. The maximum absolute atomic E-state index is 12.8. The summed E-state index contributed by atoms with van der Waals surface area (Å²) in [5.74, 6) is 0.323. The summed E-state index contributed by atoms with van der Waals surface area (Å²) in [5.41, 5.74) is 0.454. The van der Waals surface area contributed by atoms with Crippen molar-refractivity contribution >= 4 is 27.6 Å². The number of amides is 1. The Morgan fingerprint density at radius 2 is 2.14 bits per heavy atom. The zero-order valence-electron chi connectivity index (χ0n) is 11.9. The maximum atomic E-state index is 12.8. The minimum atomic E-state index is -0.0492. The monoisotopic (exact) mass is 350 g/mol. The number of Topliss-reactive ketones (excluding diaryl/α,β-unsaturated/α-hetero) is 1. The van der Waals surface area contributed by atoms with E-state index >= 15 is 0 Å². The van der Waals surface area contributed by atoms with Crippen LogP contribution in [0.3, 0.4) is 0 Å². The molecular formula is C16H19BrN2O2. The molecule has 1 aliphatic heterocycles. The van der Waals surface area contributed by atoms with Gasteiger partial charge in [-0.3, -0.25) is 9.59 Å². The van der Waals surface area contributed by atoms with Crippen molar-refractivity contribution in [2.24, 2.45) is 5.92 Å². The average Bonchev–Trinajstić information content (AvgIpc) is 2.93. The maximum Gasteiger partial charge on any atom is 0.273 e. The molecule has 5 heteroatoms. The Balaban J connectivity index is 1.86. The SMILES string of the molecule is O=C1CCCC1C1CCCCN1C(=O)c1ncccc1Br. The van der Waals surface area contributed by atoms with Crippen molar-refractivity contribution in [3.63, 3.8) is 0 Å². The first-order valence-corrected chi connectivity index (χ1v) is 8.42. The standard InChI is InChI=1S/C16H19BrN2O2/c17-12-6-4-9-18-15(12)16(21)19-10-2-1-7-13(19)11-5-3-8-14(11)20/h4,6,9,11,13H,1-3,5,7-8,10H2. The Labute approximate surface area is 133 Å². The Kier molecular flexibility index (Phi) is 4.38. The first-order chi connectivity index (χ1) is 10.2. The van der Waals surface area contributed by atoms with E-state index in [4.69, 9.17) is 0 Å². The van der Waals surface area contributed by atoms with E-state index < -0.39 is 0 Å². The minimum absolute atomic E-state index is 0.0386. The molecule has 3 rings (SSSR count). The van der Waals surface area contributed by atoms with Gasteiger partial charge in [-0.15, -0.1) is 0 Å². The summed E-state index contributed by atoms with van der Waals surface area (Å²) in [4.78, 5) is 31.0. The number of hydrogen-bond acceptors (Lipinski definition) is 3. The zero-order chi connectivity index (χ0) is 14.8. The van der Waals surface area contributed by atoms with Crippen molar-refractivity contribution in [1.29, 1.82) is 0 Å². The summed E-state index contributed by atoms with van der Waals surface area (Å²) in [5, 5.41) is 0. The highest BCUT2D eigenvalue weighted by molar-refractivity contribution is 9.10. The van der Waals surface area contributed by atoms with E-state index in [1.165, 1.54) is 0 Å². The summed E-state index contributed by atoms with van der Waals surface area (Å²) in [6.07, 6.45) is 7.25. The van der Waals surface area contributed by atoms with Crippen LogP contribution in [0.15, 0.2) is 22.8 Å². The van der Waals surface area contributed by atoms with Crippen LogP contribution in [0.2, 0.25) is 0 Å². The highest BCUT2D eigenvalue weighted by Gasteiger charge is 2.39. The third-order valence-electron chi connectivity index (χ3n) is 4.59. The smallest absolute Gasteiger partial charge is 0.273 e. The molecule has 0 spiro atoms. The molecule has 0 aromatic carbocycles. The third-order valence-corrected chi connectivity index (χ3v) is 5.23. The van der Waals surface area contributed by atoms with Crippen LogP contribution < -0.4 is 0 Å². The molecule has 0 bridgehead atoms. The normalized spacial score (nSPS) is 26.1. The topological polar surface area (TPSA) is 50.3 Å². The summed E-state index contributed by atoms with van der Waals surface area (Å²) < 4.78 is 0.720. The Bertz CT molecular complexity index is 561. The zero-order valence-corrected chi connectivity index (χ0v) is 13.5. The molecule has 0 N–H and O–H groups in total. The second-order valence-corrected chi connectivity index (χ2v) is 6.71. The number of rotatable bonds is 2. The Hall–Kier alpha value is -1.23. The molecular weight excluding hydrogens is 332 g/mol. The van der Waals surface area contributed by atoms with Gasteiger partial charge in [-0.1, -0.05) is 0 Å². The molecule has 1 saturated heterocycles. The van der Waals surface area contributed by atoms with Crippen molar-refractivity contribution < 1.29 is 9.59 Å². The van der Waals surface area contributed by atoms with E-state index in [1.807, 2.05) is 11.0 Å². The predicted octanol–water partition coefficient (Wildman–Crippen LogP) is 3.21. The minimum Gasteiger partial charge on any atom is -0.334 e. The van der Waals surface area contributed by atoms with E-state index in [2.05, 4.69) is 20.9 Å². The van der Waals surface area contributed by atoms with Crippen LogP contribution in [0.5, 0.6) is 0 Å². The molecule has 2 heterocycles. The van der Waals surface area contributed by atoms with Gasteiger partial charge in [0.05, 0.1) is 0 Å². The van der Waals surface area contributed by atoms with E-state index in [0.717, 1.165) is 43.1 Å². The van der Waals surface area contributed by atoms with Crippen molar-refractivity contribution in [3.05, 3.63) is 28.5 Å². The summed E-state index contributed by atoms with van der Waals surface area (Å²) >= 11 is 3.40. The van der Waals surface area contributed by atoms with E-state index in [-0.39, 0.29) is 17.9 Å². The van der Waals surface area contributed by atoms with Gasteiger partial charge in [-0.2, -0.15) is 0 Å². The molecule has 4 nitrogen and oxygen atoms in total. The largest absolute Gasteiger partial charge is 0.334 e. The number of carbonyl (C=O) groups is 2. The lowest BCUT2D eigenvalue weighted by Crippen LogP contribution is -2.48. The van der Waals surface area contributed by atoms with Crippen LogP contribution >= 0.6 is 15.9 Å². The fraction of sp³-hybridized carbons (Fsp3) is 0.562. The van der Waals surface area contributed by atoms with E-state index in [0.29, 0.717) is 17.9 Å². The lowest BCUT2D eigenvalue weighted by Gasteiger charge is -2.38. The molecule has 2 unspecified atom stereocenters. The van der Waals surface area contributed by atoms with Crippen LogP contribution in [0, 0.1) is 5.92 Å². The van der Waals surface area contributed by atoms with Crippen molar-refractivity contribution in [2.75, 3.05) is 6.54 Å². The number of nitrogens with zero attached hydrogens (tertiary/aromatic N) is 2. The molecule has 112 valence electrons. The molecule has 1 saturated carbocycles. The number of aromatic nitrogens is 1. The molecule has 1 aromatic heterocycles. The molecule has 2 fully saturated rings. The lowest BCUT2D eigenvalue weighted by atomic mass is 9.88. The Morgan fingerprint density at radius 3 is 2.86 bits per heavy atom. The van der Waals surface area contributed by atoms with Gasteiger partial charge in [-0.05, 0) is 60.2 Å². The molecule has 1 amide bonds. The van der Waals surface area contributed by atoms with Gasteiger partial charge in [0.15, 0.2) is 0 Å². The number of hydrogen-bond donors (Lipinski definition) is 0. The van der Waals surface area contributed by atoms with Gasteiger partial charge in [-0.25, -0.2) is 4.98 Å². The molecule has 2 atom stereocenters. The number of halogens is 1. The highest BCUT2D eigenvalue weighted by atomic mass is 79.9. The quantitative estimate of drug-likeness (QED) is 0.822. The molecule has 2 aliphatic rings. The molecule has 1 aromatic rings. The van der Waals surface area contributed by atoms with Gasteiger partial charge in [0.2, 0.25) is 0 Å². The number of ketones is 1. The number of likely N-dealkylation sites (tertiary alicyclic amines) is 1. The van der Waals surface area contributed by atoms with Crippen molar-refractivity contribution in [2.45, 2.75) is 44.6 Å². The molecule has 21 heavy (non-hydrogen) atoms. The van der Waals surface area contributed by atoms with Crippen molar-refractivity contribution in [3.8, 4) is 0 Å². The van der Waals surface area contributed by atoms with Crippen molar-refractivity contribution in [1.82, 2.24) is 9.88 Å². The van der Waals surface area contributed by atoms with Crippen LogP contribution in [0.1, 0.15) is 49.0 Å². The molecule has 1 aliphatic carbocycles. The average molecular weight is 351 g/mol. The van der Waals surface area contributed by atoms with Gasteiger partial charge in [0.25, 0.3) is 5.91 Å². The summed E-state index contributed by atoms with van der Waals surface area (Å²) in [6, 6.07) is 3.70. The van der Waals surface area contributed by atoms with Crippen LogP contribution in [-0.2, 0) is 4.79 Å². The predicted molar refractivity (Wildman–Crippen MR) is 83.0 cm³/mol. The third kappa shape index (κ3) is 2.89. The number of carbonyl (C=O) groups excluding carboxylic acids is 2. The fourth-order valence-corrected chi connectivity index (χ4v) is 3.98. The van der Waals surface area contributed by atoms with E-state index in [1.54, 1.807) is 12.3 Å². The summed E-state index contributed by atoms with van der Waals surface area (Å²) in [6.45, 7) is 0.732. The van der Waals surface area contributed by atoms with Gasteiger partial charge in [0, 0.05) is 35.6 Å².